The summed E-state index contributed by atoms with van der Waals surface area (Å²) < 4.78 is 0. The molecular weight excluding hydrogens is 222 g/mol. The largest absolute Gasteiger partial charge is 0.197 e. The topological polar surface area (TPSA) is 23.8 Å². The smallest absolute Gasteiger partial charge is 0.0833 e. The molecule has 1 nitrogen and oxygen atoms in total. The molecule has 0 aromatic heterocycles. The molecule has 0 fully saturated rings. The van der Waals surface area contributed by atoms with Crippen molar-refractivity contribution < 1.29 is 0 Å². The zero-order valence-corrected chi connectivity index (χ0v) is 10.5. The molecule has 0 aliphatic carbocycles. The average molecular weight is 235 g/mol. The standard InChI is InChI=1S/C12H13NS2/c1-12(2,8-13)11(15)10(14)9-6-4-3-5-7-9/h3-7,14-15H,1-2H3/b11-10-. The highest BCUT2D eigenvalue weighted by atomic mass is 32.1. The fourth-order valence-corrected chi connectivity index (χ4v) is 1.69. The van der Waals surface area contributed by atoms with Crippen LogP contribution in [0.2, 0.25) is 0 Å². The SMILES string of the molecule is CC(C)(C#N)/C(S)=C(/S)c1ccccc1. The van der Waals surface area contributed by atoms with Crippen molar-refractivity contribution in [3.63, 3.8) is 0 Å². The van der Waals surface area contributed by atoms with Crippen LogP contribution in [-0.4, -0.2) is 0 Å². The Labute approximate surface area is 102 Å². The number of benzene rings is 1. The van der Waals surface area contributed by atoms with Crippen molar-refractivity contribution in [1.29, 1.82) is 5.26 Å². The molecule has 0 saturated heterocycles. The maximum Gasteiger partial charge on any atom is 0.0833 e. The van der Waals surface area contributed by atoms with Gasteiger partial charge in [0.1, 0.15) is 0 Å². The molecule has 1 rings (SSSR count). The Morgan fingerprint density at radius 3 is 2.20 bits per heavy atom. The number of nitriles is 1. The summed E-state index contributed by atoms with van der Waals surface area (Å²) in [4.78, 5) is 1.45. The predicted octanol–water partition coefficient (Wildman–Crippen LogP) is 3.76. The molecule has 0 aliphatic heterocycles. The monoisotopic (exact) mass is 235 g/mol. The molecule has 1 aromatic rings. The van der Waals surface area contributed by atoms with E-state index in [2.05, 4.69) is 31.3 Å². The Morgan fingerprint density at radius 2 is 1.73 bits per heavy atom. The minimum atomic E-state index is -0.601. The molecule has 0 spiro atoms. The van der Waals surface area contributed by atoms with Crippen LogP contribution in [0.3, 0.4) is 0 Å². The van der Waals surface area contributed by atoms with Gasteiger partial charge >= 0.3 is 0 Å². The number of allylic oxidation sites excluding steroid dienone is 1. The van der Waals surface area contributed by atoms with E-state index in [-0.39, 0.29) is 0 Å². The molecule has 0 amide bonds. The number of hydrogen-bond acceptors (Lipinski definition) is 3. The summed E-state index contributed by atoms with van der Waals surface area (Å²) in [5.74, 6) is 0. The molecule has 0 atom stereocenters. The van der Waals surface area contributed by atoms with Gasteiger partial charge in [0.15, 0.2) is 0 Å². The van der Waals surface area contributed by atoms with Crippen molar-refractivity contribution in [3.8, 4) is 6.07 Å². The number of nitrogens with zero attached hydrogens (tertiary/aromatic N) is 1. The van der Waals surface area contributed by atoms with E-state index >= 15 is 0 Å². The van der Waals surface area contributed by atoms with Gasteiger partial charge in [-0.1, -0.05) is 30.3 Å². The van der Waals surface area contributed by atoms with Crippen LogP contribution in [0.5, 0.6) is 0 Å². The van der Waals surface area contributed by atoms with Gasteiger partial charge in [0.2, 0.25) is 0 Å². The van der Waals surface area contributed by atoms with Crippen molar-refractivity contribution in [3.05, 3.63) is 40.8 Å². The van der Waals surface area contributed by atoms with Gasteiger partial charge in [-0.3, -0.25) is 0 Å². The minimum Gasteiger partial charge on any atom is -0.197 e. The van der Waals surface area contributed by atoms with Gasteiger partial charge in [0.25, 0.3) is 0 Å². The fraction of sp³-hybridized carbons (Fsp3) is 0.250. The second kappa shape index (κ2) is 4.78. The van der Waals surface area contributed by atoms with Crippen molar-refractivity contribution in [1.82, 2.24) is 0 Å². The Kier molecular flexibility index (Phi) is 3.90. The number of rotatable bonds is 2. The first kappa shape index (κ1) is 12.2. The van der Waals surface area contributed by atoms with E-state index in [1.54, 1.807) is 0 Å². The van der Waals surface area contributed by atoms with Gasteiger partial charge in [-0.15, -0.1) is 25.3 Å². The molecule has 0 heterocycles. The zero-order valence-electron chi connectivity index (χ0n) is 8.73. The zero-order chi connectivity index (χ0) is 11.5. The number of thiol groups is 2. The van der Waals surface area contributed by atoms with Crippen LogP contribution < -0.4 is 0 Å². The molecule has 1 aromatic carbocycles. The van der Waals surface area contributed by atoms with Crippen LogP contribution in [0, 0.1) is 16.7 Å². The molecule has 78 valence electrons. The lowest BCUT2D eigenvalue weighted by Gasteiger charge is -2.17. The van der Waals surface area contributed by atoms with Gasteiger partial charge in [-0.2, -0.15) is 5.26 Å². The molecule has 15 heavy (non-hydrogen) atoms. The lowest BCUT2D eigenvalue weighted by molar-refractivity contribution is 0.636. The van der Waals surface area contributed by atoms with E-state index in [0.29, 0.717) is 4.91 Å². The van der Waals surface area contributed by atoms with Crippen LogP contribution in [0.1, 0.15) is 19.4 Å². The third kappa shape index (κ3) is 2.80. The lowest BCUT2D eigenvalue weighted by atomic mass is 9.93. The van der Waals surface area contributed by atoms with Gasteiger partial charge in [-0.05, 0) is 19.4 Å². The first-order valence-corrected chi connectivity index (χ1v) is 5.48. The van der Waals surface area contributed by atoms with Crippen LogP contribution in [-0.2, 0) is 0 Å². The summed E-state index contributed by atoms with van der Waals surface area (Å²) in [6.45, 7) is 3.66. The van der Waals surface area contributed by atoms with E-state index in [1.165, 1.54) is 0 Å². The Hall–Kier alpha value is -0.850. The van der Waals surface area contributed by atoms with Crippen molar-refractivity contribution in [2.24, 2.45) is 5.41 Å². The third-order valence-electron chi connectivity index (χ3n) is 2.14. The van der Waals surface area contributed by atoms with Gasteiger partial charge < -0.3 is 0 Å². The maximum absolute atomic E-state index is 8.99. The molecule has 0 bridgehead atoms. The van der Waals surface area contributed by atoms with Crippen LogP contribution in [0.25, 0.3) is 4.91 Å². The average Bonchev–Trinajstić information content (AvgIpc) is 2.28. The van der Waals surface area contributed by atoms with Crippen molar-refractivity contribution in [2.75, 3.05) is 0 Å². The van der Waals surface area contributed by atoms with E-state index in [0.717, 1.165) is 10.5 Å². The molecule has 0 unspecified atom stereocenters. The molecule has 0 N–H and O–H groups in total. The van der Waals surface area contributed by atoms with Crippen LogP contribution >= 0.6 is 25.3 Å². The lowest BCUT2D eigenvalue weighted by Crippen LogP contribution is -2.08. The van der Waals surface area contributed by atoms with Crippen LogP contribution in [0.15, 0.2) is 35.2 Å². The molecule has 0 aliphatic rings. The first-order chi connectivity index (χ1) is 6.99. The number of hydrogen-bond donors (Lipinski definition) is 2. The van der Waals surface area contributed by atoms with Gasteiger partial charge in [0, 0.05) is 9.81 Å². The Balaban J connectivity index is 3.19. The van der Waals surface area contributed by atoms with Gasteiger partial charge in [0.05, 0.1) is 11.5 Å². The normalized spacial score (nSPS) is 13.0. The highest BCUT2D eigenvalue weighted by molar-refractivity contribution is 7.93. The quantitative estimate of drug-likeness (QED) is 0.749. The third-order valence-corrected chi connectivity index (χ3v) is 3.58. The molecular formula is C12H13NS2. The van der Waals surface area contributed by atoms with Crippen LogP contribution in [0.4, 0.5) is 0 Å². The predicted molar refractivity (Wildman–Crippen MR) is 70.7 cm³/mol. The Morgan fingerprint density at radius 1 is 1.20 bits per heavy atom. The maximum atomic E-state index is 8.99. The highest BCUT2D eigenvalue weighted by Gasteiger charge is 2.22. The Bertz CT molecular complexity index is 413. The van der Waals surface area contributed by atoms with E-state index in [4.69, 9.17) is 5.26 Å². The first-order valence-electron chi connectivity index (χ1n) is 4.58. The highest BCUT2D eigenvalue weighted by Crippen LogP contribution is 2.36. The summed E-state index contributed by atoms with van der Waals surface area (Å²) in [6, 6.07) is 11.9. The summed E-state index contributed by atoms with van der Waals surface area (Å²) in [5, 5.41) is 8.99. The van der Waals surface area contributed by atoms with Crippen molar-refractivity contribution >= 4 is 30.2 Å². The minimum absolute atomic E-state index is 0.601. The summed E-state index contributed by atoms with van der Waals surface area (Å²) in [7, 11) is 0. The summed E-state index contributed by atoms with van der Waals surface area (Å²) >= 11 is 8.79. The fourth-order valence-electron chi connectivity index (χ4n) is 1.08. The van der Waals surface area contributed by atoms with E-state index < -0.39 is 5.41 Å². The summed E-state index contributed by atoms with van der Waals surface area (Å²) in [5.41, 5.74) is 0.380. The molecule has 0 saturated carbocycles. The van der Waals surface area contributed by atoms with E-state index in [9.17, 15) is 0 Å². The summed E-state index contributed by atoms with van der Waals surface area (Å²) in [6.07, 6.45) is 0. The van der Waals surface area contributed by atoms with Crippen molar-refractivity contribution in [2.45, 2.75) is 13.8 Å². The molecule has 3 heteroatoms. The second-order valence-electron chi connectivity index (χ2n) is 3.80. The second-order valence-corrected chi connectivity index (χ2v) is 4.69. The van der Waals surface area contributed by atoms with Gasteiger partial charge in [-0.25, -0.2) is 0 Å². The van der Waals surface area contributed by atoms with E-state index in [1.807, 2.05) is 44.2 Å². The molecule has 0 radical (unpaired) electrons.